The second kappa shape index (κ2) is 10.7. The highest BCUT2D eigenvalue weighted by atomic mass is 32.2. The zero-order valence-corrected chi connectivity index (χ0v) is 22.1. The molecule has 5 N–H and O–H groups in total. The Kier molecular flexibility index (Phi) is 7.31. The molecule has 2 aliphatic heterocycles. The van der Waals surface area contributed by atoms with Crippen molar-refractivity contribution in [2.24, 2.45) is 5.16 Å². The Labute approximate surface area is 227 Å². The smallest absolute Gasteiger partial charge is 0.352 e. The van der Waals surface area contributed by atoms with Gasteiger partial charge in [0.05, 0.1) is 4.88 Å². The zero-order chi connectivity index (χ0) is 27.0. The lowest BCUT2D eigenvalue weighted by Gasteiger charge is -2.49. The summed E-state index contributed by atoms with van der Waals surface area (Å²) in [4.78, 5) is 60.2. The van der Waals surface area contributed by atoms with E-state index in [-0.39, 0.29) is 16.7 Å². The number of fused-ring (bicyclic) bond motifs is 2. The van der Waals surface area contributed by atoms with Crippen LogP contribution in [-0.4, -0.2) is 77.7 Å². The van der Waals surface area contributed by atoms with Gasteiger partial charge in [-0.2, -0.15) is 13.9 Å². The molecule has 0 unspecified atom stereocenters. The maximum absolute atomic E-state index is 13.1. The van der Waals surface area contributed by atoms with Crippen LogP contribution in [0, 0.1) is 0 Å². The molecule has 38 heavy (non-hydrogen) atoms. The summed E-state index contributed by atoms with van der Waals surface area (Å²) in [7, 11) is 0. The average molecular weight is 581 g/mol. The number of amides is 2. The average Bonchev–Trinajstić information content (AvgIpc) is 3.50. The van der Waals surface area contributed by atoms with Gasteiger partial charge >= 0.3 is 11.9 Å². The Hall–Kier alpha value is -3.57. The SMILES string of the molecule is Nc1nc(/C(=N/OCC(=O)O)C(=O)N[C@@H]2C(=O)N3C(C(=O)O)=C(C[n+]4csc5c4CCCC5)CS[C@@H]23)ns1. The Morgan fingerprint density at radius 1 is 1.29 bits per heavy atom. The summed E-state index contributed by atoms with van der Waals surface area (Å²) in [5, 5.41) is 24.2. The second-order valence-electron chi connectivity index (χ2n) is 8.61. The zero-order valence-electron chi connectivity index (χ0n) is 19.7. The summed E-state index contributed by atoms with van der Waals surface area (Å²) in [5.74, 6) is -3.82. The largest absolute Gasteiger partial charge is 0.479 e. The van der Waals surface area contributed by atoms with Gasteiger partial charge < -0.3 is 26.1 Å². The van der Waals surface area contributed by atoms with E-state index in [0.717, 1.165) is 37.2 Å². The van der Waals surface area contributed by atoms with Gasteiger partial charge in [-0.15, -0.1) is 11.8 Å². The molecule has 1 aliphatic carbocycles. The van der Waals surface area contributed by atoms with Crippen LogP contribution < -0.4 is 15.6 Å². The predicted octanol–water partition coefficient (Wildman–Crippen LogP) is -0.408. The summed E-state index contributed by atoms with van der Waals surface area (Å²) < 4.78 is 5.97. The van der Waals surface area contributed by atoms with Gasteiger partial charge in [0.2, 0.25) is 23.7 Å². The van der Waals surface area contributed by atoms with Crippen molar-refractivity contribution in [2.45, 2.75) is 43.6 Å². The lowest BCUT2D eigenvalue weighted by Crippen LogP contribution is -2.71. The number of β-lactam (4-membered cyclic amide) rings is 1. The third kappa shape index (κ3) is 4.95. The molecular weight excluding hydrogens is 558 g/mol. The van der Waals surface area contributed by atoms with Crippen LogP contribution >= 0.6 is 34.6 Å². The number of carbonyl (C=O) groups excluding carboxylic acids is 2. The molecule has 0 radical (unpaired) electrons. The number of aliphatic carboxylic acids is 2. The number of oxime groups is 1. The molecule has 0 saturated carbocycles. The van der Waals surface area contributed by atoms with Crippen molar-refractivity contribution in [1.29, 1.82) is 0 Å². The quantitative estimate of drug-likeness (QED) is 0.130. The van der Waals surface area contributed by atoms with Crippen LogP contribution in [0.3, 0.4) is 0 Å². The van der Waals surface area contributed by atoms with E-state index in [0.29, 0.717) is 17.9 Å². The molecule has 5 rings (SSSR count). The van der Waals surface area contributed by atoms with Gasteiger partial charge in [-0.05, 0) is 19.3 Å². The summed E-state index contributed by atoms with van der Waals surface area (Å²) in [5.41, 5.74) is 8.91. The molecule has 17 heteroatoms. The van der Waals surface area contributed by atoms with Crippen LogP contribution in [0.4, 0.5) is 5.13 Å². The number of nitrogen functional groups attached to an aromatic ring is 1. The van der Waals surface area contributed by atoms with Gasteiger partial charge in [-0.25, -0.2) is 9.59 Å². The minimum atomic E-state index is -1.31. The third-order valence-electron chi connectivity index (χ3n) is 6.17. The van der Waals surface area contributed by atoms with E-state index in [1.165, 1.54) is 27.2 Å². The van der Waals surface area contributed by atoms with Gasteiger partial charge in [0, 0.05) is 29.3 Å². The van der Waals surface area contributed by atoms with Crippen molar-refractivity contribution in [3.05, 3.63) is 33.2 Å². The minimum Gasteiger partial charge on any atom is -0.479 e. The fraction of sp³-hybridized carbons (Fsp3) is 0.429. The van der Waals surface area contributed by atoms with E-state index in [9.17, 15) is 24.3 Å². The van der Waals surface area contributed by atoms with E-state index in [1.807, 2.05) is 5.51 Å². The number of thiazole rings is 1. The topological polar surface area (TPSA) is 201 Å². The fourth-order valence-electron chi connectivity index (χ4n) is 4.50. The summed E-state index contributed by atoms with van der Waals surface area (Å²) >= 11 is 3.81. The highest BCUT2D eigenvalue weighted by Gasteiger charge is 2.55. The number of carbonyl (C=O) groups is 4. The molecule has 4 heterocycles. The van der Waals surface area contributed by atoms with E-state index >= 15 is 0 Å². The Bertz CT molecular complexity index is 1380. The van der Waals surface area contributed by atoms with Gasteiger partial charge in [0.1, 0.15) is 17.1 Å². The van der Waals surface area contributed by atoms with Crippen LogP contribution in [0.1, 0.15) is 29.2 Å². The third-order valence-corrected chi connectivity index (χ3v) is 9.13. The highest BCUT2D eigenvalue weighted by molar-refractivity contribution is 8.00. The number of nitrogens with two attached hydrogens (primary N) is 1. The van der Waals surface area contributed by atoms with E-state index < -0.39 is 47.5 Å². The molecule has 0 aromatic carbocycles. The number of aryl methyl sites for hydroxylation is 1. The number of thioether (sulfide) groups is 1. The Balaban J connectivity index is 1.34. The number of nitrogens with one attached hydrogen (secondary N) is 1. The van der Waals surface area contributed by atoms with Crippen LogP contribution in [0.2, 0.25) is 0 Å². The summed E-state index contributed by atoms with van der Waals surface area (Å²) in [6.07, 6.45) is 4.21. The monoisotopic (exact) mass is 580 g/mol. The molecule has 1 saturated heterocycles. The maximum Gasteiger partial charge on any atom is 0.352 e. The first-order valence-corrected chi connectivity index (χ1v) is 14.2. The highest BCUT2D eigenvalue weighted by Crippen LogP contribution is 2.40. The first-order chi connectivity index (χ1) is 18.2. The molecule has 2 amide bonds. The molecule has 2 aromatic rings. The molecule has 2 atom stereocenters. The van der Waals surface area contributed by atoms with Crippen LogP contribution in [0.15, 0.2) is 21.9 Å². The number of rotatable bonds is 9. The van der Waals surface area contributed by atoms with Crippen LogP contribution in [-0.2, 0) is 43.4 Å². The number of nitrogens with zero attached hydrogens (tertiary/aromatic N) is 5. The van der Waals surface area contributed by atoms with E-state index in [2.05, 4.69) is 29.2 Å². The number of anilines is 1. The van der Waals surface area contributed by atoms with Gasteiger partial charge in [0.25, 0.3) is 11.8 Å². The Morgan fingerprint density at radius 3 is 2.79 bits per heavy atom. The molecule has 1 fully saturated rings. The number of carboxylic acid groups (broad SMARTS) is 2. The number of hydrogen-bond donors (Lipinski definition) is 4. The first kappa shape index (κ1) is 26.1. The summed E-state index contributed by atoms with van der Waals surface area (Å²) in [6.45, 7) is -0.436. The number of aromatic nitrogens is 3. The van der Waals surface area contributed by atoms with E-state index in [1.54, 1.807) is 11.3 Å². The fourth-order valence-corrected chi connectivity index (χ4v) is 7.35. The van der Waals surface area contributed by atoms with Crippen LogP contribution in [0.25, 0.3) is 0 Å². The van der Waals surface area contributed by atoms with E-state index in [4.69, 9.17) is 10.8 Å². The van der Waals surface area contributed by atoms with Crippen LogP contribution in [0.5, 0.6) is 0 Å². The first-order valence-electron chi connectivity index (χ1n) is 11.5. The lowest BCUT2D eigenvalue weighted by molar-refractivity contribution is -0.692. The molecular formula is C21H22N7O7S3+. The molecule has 0 bridgehead atoms. The van der Waals surface area contributed by atoms with Crippen molar-refractivity contribution in [3.63, 3.8) is 0 Å². The normalized spacial score (nSPS) is 20.9. The van der Waals surface area contributed by atoms with Crippen molar-refractivity contribution < 1.29 is 38.8 Å². The lowest BCUT2D eigenvalue weighted by atomic mass is 10.0. The van der Waals surface area contributed by atoms with Crippen molar-refractivity contribution >= 4 is 69.2 Å². The molecule has 2 aromatic heterocycles. The second-order valence-corrected chi connectivity index (χ2v) is 11.4. The molecule has 3 aliphatic rings. The Morgan fingerprint density at radius 2 is 2.08 bits per heavy atom. The molecule has 200 valence electrons. The standard InChI is InChI=1S/C21H21N7O7S3/c22-21-24-16(26-38-21)13(25-35-6-12(29)30)17(31)23-14-18(32)28-15(20(33)34)9(7-36-19(14)28)5-27-8-37-11-4-2-1-3-10(11)27/h8,14,19H,1-7H2,(H4-,22,23,24,26,29,30,31,33,34)/p+1/b25-13-/t14-,19+/m1/s1. The molecule has 14 nitrogen and oxygen atoms in total. The minimum absolute atomic E-state index is 0.0426. The molecule has 0 spiro atoms. The maximum atomic E-state index is 13.1. The van der Waals surface area contributed by atoms with Gasteiger partial charge in [-0.3, -0.25) is 14.5 Å². The van der Waals surface area contributed by atoms with Gasteiger partial charge in [-0.1, -0.05) is 16.5 Å². The van der Waals surface area contributed by atoms with Gasteiger partial charge in [0.15, 0.2) is 17.4 Å². The number of carboxylic acids is 2. The van der Waals surface area contributed by atoms with Crippen molar-refractivity contribution in [3.8, 4) is 0 Å². The number of hydrogen-bond acceptors (Lipinski definition) is 12. The van der Waals surface area contributed by atoms with Crippen molar-refractivity contribution in [2.75, 3.05) is 18.1 Å². The summed E-state index contributed by atoms with van der Waals surface area (Å²) in [6, 6.07) is -1.04. The van der Waals surface area contributed by atoms with Crippen molar-refractivity contribution in [1.82, 2.24) is 19.6 Å². The predicted molar refractivity (Wildman–Crippen MR) is 135 cm³/mol.